The Labute approximate surface area is 235 Å². The van der Waals surface area contributed by atoms with E-state index in [0.717, 1.165) is 26.4 Å². The maximum Gasteiger partial charge on any atom is 0.252 e. The molecule has 0 spiro atoms. The van der Waals surface area contributed by atoms with Crippen molar-refractivity contribution < 1.29 is 44.3 Å². The second kappa shape index (κ2) is 16.6. The number of aliphatic hydroxyl groups is 2. The Morgan fingerprint density at radius 3 is 2.28 bits per heavy atom. The number of hydrogen-bond acceptors (Lipinski definition) is 9. The number of carbonyl (C=O) groups is 3. The third-order valence-electron chi connectivity index (χ3n) is 6.81. The number of rotatable bonds is 17. The standard InChI is InChI=1S/C28H42ClNO9/c1-7-8-9-15(2)23(32)17(4)24(33)16(3)12-22(38-5)25(34)26(39-6)27(35)30-20(28(36)37)14-18-10-11-21(31)19(29)13-18/h10-13,15,17,20,22-23,25-26,31-32,34H,7-9,14H2,1-6H3,(H,30,35)(H,36,37)/p-1/b16-12+/t15-,17+,20-,22?,23+,25-,26?/m1/s1. The number of hydrogen-bond donors (Lipinski definition) is 4. The highest BCUT2D eigenvalue weighted by atomic mass is 35.5. The molecule has 220 valence electrons. The Morgan fingerprint density at radius 2 is 1.77 bits per heavy atom. The molecule has 10 nitrogen and oxygen atoms in total. The fourth-order valence-electron chi connectivity index (χ4n) is 4.27. The van der Waals surface area contributed by atoms with Crippen LogP contribution in [-0.2, 0) is 30.3 Å². The fourth-order valence-corrected chi connectivity index (χ4v) is 4.48. The maximum atomic E-state index is 13.0. The van der Waals surface area contributed by atoms with E-state index in [-0.39, 0.29) is 34.5 Å². The molecule has 0 aliphatic carbocycles. The normalized spacial score (nSPS) is 17.4. The van der Waals surface area contributed by atoms with Crippen molar-refractivity contribution >= 4 is 29.3 Å². The number of carbonyl (C=O) groups excluding carboxylic acids is 3. The SMILES string of the molecule is CCCC[C@@H](C)[C@H](O)[C@H](C)C(=O)/C(C)=C/C(OC)[C@@H](O)C(OC)C(=O)N[C@H](Cc1ccc(O)c(Cl)c1)C(=O)[O-]. The first kappa shape index (κ1) is 34.5. The molecule has 4 N–H and O–H groups in total. The Kier molecular flexibility index (Phi) is 14.7. The van der Waals surface area contributed by atoms with Gasteiger partial charge in [0.15, 0.2) is 11.9 Å². The van der Waals surface area contributed by atoms with Crippen LogP contribution in [0.15, 0.2) is 29.8 Å². The van der Waals surface area contributed by atoms with Gasteiger partial charge in [-0.3, -0.25) is 9.59 Å². The number of aliphatic carboxylic acids is 1. The van der Waals surface area contributed by atoms with Gasteiger partial charge in [-0.25, -0.2) is 0 Å². The zero-order valence-corrected chi connectivity index (χ0v) is 24.1. The van der Waals surface area contributed by atoms with Crippen molar-refractivity contribution in [3.05, 3.63) is 40.4 Å². The first-order chi connectivity index (χ1) is 18.3. The van der Waals surface area contributed by atoms with Crippen LogP contribution in [0.4, 0.5) is 0 Å². The molecular formula is C28H41ClNO9-. The van der Waals surface area contributed by atoms with Gasteiger partial charge in [-0.15, -0.1) is 0 Å². The van der Waals surface area contributed by atoms with Crippen LogP contribution in [0.2, 0.25) is 5.02 Å². The number of halogens is 1. The molecule has 2 unspecified atom stereocenters. The number of phenols is 1. The molecule has 0 bridgehead atoms. The highest BCUT2D eigenvalue weighted by Gasteiger charge is 2.35. The van der Waals surface area contributed by atoms with Gasteiger partial charge < -0.3 is 40.0 Å². The lowest BCUT2D eigenvalue weighted by molar-refractivity contribution is -0.308. The molecule has 1 amide bonds. The van der Waals surface area contributed by atoms with Gasteiger partial charge in [-0.1, -0.05) is 51.3 Å². The summed E-state index contributed by atoms with van der Waals surface area (Å²) in [5, 5.41) is 45.1. The molecule has 39 heavy (non-hydrogen) atoms. The summed E-state index contributed by atoms with van der Waals surface area (Å²) in [5.41, 5.74) is 0.635. The fraction of sp³-hybridized carbons (Fsp3) is 0.607. The van der Waals surface area contributed by atoms with Crippen molar-refractivity contribution in [3.63, 3.8) is 0 Å². The van der Waals surface area contributed by atoms with E-state index in [4.69, 9.17) is 21.1 Å². The Hall–Kier alpha value is -2.50. The van der Waals surface area contributed by atoms with Gasteiger partial charge in [-0.05, 0) is 55.0 Å². The smallest absolute Gasteiger partial charge is 0.252 e. The number of aliphatic hydroxyl groups excluding tert-OH is 2. The maximum absolute atomic E-state index is 13.0. The largest absolute Gasteiger partial charge is 0.548 e. The van der Waals surface area contributed by atoms with Gasteiger partial charge in [0.1, 0.15) is 18.0 Å². The van der Waals surface area contributed by atoms with Crippen molar-refractivity contribution in [1.29, 1.82) is 0 Å². The van der Waals surface area contributed by atoms with Gasteiger partial charge in [0, 0.05) is 20.1 Å². The predicted octanol–water partition coefficient (Wildman–Crippen LogP) is 1.55. The molecule has 0 aliphatic rings. The van der Waals surface area contributed by atoms with E-state index in [2.05, 4.69) is 12.2 Å². The van der Waals surface area contributed by atoms with Crippen molar-refractivity contribution in [2.75, 3.05) is 14.2 Å². The summed E-state index contributed by atoms with van der Waals surface area (Å²) >= 11 is 5.87. The Balaban J connectivity index is 3.01. The van der Waals surface area contributed by atoms with Crippen LogP contribution >= 0.6 is 11.6 Å². The van der Waals surface area contributed by atoms with E-state index in [0.29, 0.717) is 5.56 Å². The van der Waals surface area contributed by atoms with E-state index in [9.17, 15) is 34.8 Å². The van der Waals surface area contributed by atoms with Crippen molar-refractivity contribution in [2.45, 2.75) is 83.8 Å². The van der Waals surface area contributed by atoms with Gasteiger partial charge in [0.2, 0.25) is 0 Å². The predicted molar refractivity (Wildman–Crippen MR) is 144 cm³/mol. The first-order valence-corrected chi connectivity index (χ1v) is 13.3. The zero-order chi connectivity index (χ0) is 29.9. The second-order valence-corrected chi connectivity index (χ2v) is 10.2. The Bertz CT molecular complexity index is 999. The molecule has 0 aromatic heterocycles. The molecule has 0 heterocycles. The number of carboxylic acids is 1. The van der Waals surface area contributed by atoms with E-state index >= 15 is 0 Å². The lowest BCUT2D eigenvalue weighted by atomic mass is 9.85. The minimum absolute atomic E-state index is 0.0120. The van der Waals surface area contributed by atoms with E-state index < -0.39 is 48.3 Å². The van der Waals surface area contributed by atoms with Gasteiger partial charge in [0.25, 0.3) is 5.91 Å². The second-order valence-electron chi connectivity index (χ2n) is 9.83. The number of aromatic hydroxyl groups is 1. The van der Waals surface area contributed by atoms with Crippen molar-refractivity contribution in [2.24, 2.45) is 11.8 Å². The van der Waals surface area contributed by atoms with Gasteiger partial charge >= 0.3 is 0 Å². The molecule has 0 fully saturated rings. The third-order valence-corrected chi connectivity index (χ3v) is 7.11. The number of phenolic OH excluding ortho intramolecular Hbond substituents is 1. The van der Waals surface area contributed by atoms with Gasteiger partial charge in [-0.2, -0.15) is 0 Å². The average molecular weight is 571 g/mol. The van der Waals surface area contributed by atoms with Crippen LogP contribution in [0, 0.1) is 11.8 Å². The molecule has 1 aromatic rings. The summed E-state index contributed by atoms with van der Waals surface area (Å²) in [4.78, 5) is 37.6. The van der Waals surface area contributed by atoms with Gasteiger partial charge in [0.05, 0.1) is 23.1 Å². The minimum atomic E-state index is -1.61. The van der Waals surface area contributed by atoms with Crippen LogP contribution < -0.4 is 10.4 Å². The molecule has 0 saturated carbocycles. The Morgan fingerprint density at radius 1 is 1.13 bits per heavy atom. The van der Waals surface area contributed by atoms with Crippen LogP contribution in [0.25, 0.3) is 0 Å². The van der Waals surface area contributed by atoms with Crippen molar-refractivity contribution in [3.8, 4) is 5.75 Å². The van der Waals surface area contributed by atoms with E-state index in [1.807, 2.05) is 6.92 Å². The average Bonchev–Trinajstić information content (AvgIpc) is 2.90. The number of amides is 1. The number of methoxy groups -OCH3 is 2. The number of Topliss-reactive ketones (excluding diaryl/α,β-unsaturated/α-hetero) is 1. The van der Waals surface area contributed by atoms with Crippen LogP contribution in [0.3, 0.4) is 0 Å². The third kappa shape index (κ3) is 10.2. The first-order valence-electron chi connectivity index (χ1n) is 12.9. The number of carboxylic acid groups (broad SMARTS) is 1. The summed E-state index contributed by atoms with van der Waals surface area (Å²) < 4.78 is 10.5. The number of ketones is 1. The molecular weight excluding hydrogens is 530 g/mol. The number of ether oxygens (including phenoxy) is 2. The van der Waals surface area contributed by atoms with E-state index in [1.54, 1.807) is 6.92 Å². The highest BCUT2D eigenvalue weighted by molar-refractivity contribution is 6.32. The number of unbranched alkanes of at least 4 members (excludes halogenated alkanes) is 1. The zero-order valence-electron chi connectivity index (χ0n) is 23.3. The highest BCUT2D eigenvalue weighted by Crippen LogP contribution is 2.25. The lowest BCUT2D eigenvalue weighted by Crippen LogP contribution is -2.55. The van der Waals surface area contributed by atoms with Crippen molar-refractivity contribution in [1.82, 2.24) is 5.32 Å². The number of allylic oxidation sites excluding steroid dienone is 1. The number of nitrogens with one attached hydrogen (secondary N) is 1. The molecule has 7 atom stereocenters. The number of benzene rings is 1. The monoisotopic (exact) mass is 570 g/mol. The summed E-state index contributed by atoms with van der Waals surface area (Å²) in [6.45, 7) is 7.10. The molecule has 1 aromatic carbocycles. The molecule has 11 heteroatoms. The molecule has 0 aliphatic heterocycles. The summed E-state index contributed by atoms with van der Waals surface area (Å²) in [6.07, 6.45) is -1.34. The molecule has 1 rings (SSSR count). The topological polar surface area (TPSA) is 165 Å². The minimum Gasteiger partial charge on any atom is -0.548 e. The molecule has 0 radical (unpaired) electrons. The quantitative estimate of drug-likeness (QED) is 0.203. The lowest BCUT2D eigenvalue weighted by Gasteiger charge is -2.29. The van der Waals surface area contributed by atoms with Crippen LogP contribution in [0.1, 0.15) is 52.5 Å². The summed E-state index contributed by atoms with van der Waals surface area (Å²) in [7, 11) is 2.43. The molecule has 0 saturated heterocycles. The van der Waals surface area contributed by atoms with Crippen LogP contribution in [-0.4, -0.2) is 77.7 Å². The van der Waals surface area contributed by atoms with E-state index in [1.165, 1.54) is 38.3 Å². The summed E-state index contributed by atoms with van der Waals surface area (Å²) in [5.74, 6) is -3.81. The van der Waals surface area contributed by atoms with Crippen LogP contribution in [0.5, 0.6) is 5.75 Å². The summed E-state index contributed by atoms with van der Waals surface area (Å²) in [6, 6.07) is 2.59.